The lowest BCUT2D eigenvalue weighted by Crippen LogP contribution is -2.43. The second-order valence-corrected chi connectivity index (χ2v) is 9.65. The molecule has 0 bridgehead atoms. The SMILES string of the molecule is Cc1nn(CC(C)C)c(C)c1CC(=O)N1CCCC1C(=O)Nc1nc2ccccc2s1. The molecule has 7 nitrogen and oxygen atoms in total. The van der Waals surface area contributed by atoms with Crippen LogP contribution in [0.4, 0.5) is 5.13 Å². The minimum atomic E-state index is -0.453. The van der Waals surface area contributed by atoms with Crippen molar-refractivity contribution in [3.8, 4) is 0 Å². The summed E-state index contributed by atoms with van der Waals surface area (Å²) in [5.41, 5.74) is 3.77. The number of nitrogens with zero attached hydrogens (tertiary/aromatic N) is 4. The Morgan fingerprint density at radius 3 is 2.77 bits per heavy atom. The van der Waals surface area contributed by atoms with E-state index in [1.807, 2.05) is 42.8 Å². The van der Waals surface area contributed by atoms with Crippen LogP contribution in [0.5, 0.6) is 0 Å². The fourth-order valence-electron chi connectivity index (χ4n) is 4.22. The van der Waals surface area contributed by atoms with Gasteiger partial charge in [-0.15, -0.1) is 0 Å². The summed E-state index contributed by atoms with van der Waals surface area (Å²) in [6.45, 7) is 9.72. The molecule has 0 radical (unpaired) electrons. The van der Waals surface area contributed by atoms with E-state index in [9.17, 15) is 9.59 Å². The third-order valence-electron chi connectivity index (χ3n) is 5.80. The predicted molar refractivity (Wildman–Crippen MR) is 123 cm³/mol. The Morgan fingerprint density at radius 1 is 1.26 bits per heavy atom. The second kappa shape index (κ2) is 8.78. The summed E-state index contributed by atoms with van der Waals surface area (Å²) in [4.78, 5) is 32.3. The van der Waals surface area contributed by atoms with Crippen molar-refractivity contribution in [3.63, 3.8) is 0 Å². The number of aromatic nitrogens is 3. The van der Waals surface area contributed by atoms with E-state index in [-0.39, 0.29) is 18.2 Å². The van der Waals surface area contributed by atoms with Gasteiger partial charge in [0.25, 0.3) is 0 Å². The zero-order valence-electron chi connectivity index (χ0n) is 18.5. The first kappa shape index (κ1) is 21.5. The van der Waals surface area contributed by atoms with Crippen molar-refractivity contribution in [2.75, 3.05) is 11.9 Å². The van der Waals surface area contributed by atoms with Crippen molar-refractivity contribution in [1.82, 2.24) is 19.7 Å². The molecule has 4 rings (SSSR count). The van der Waals surface area contributed by atoms with Gasteiger partial charge in [-0.3, -0.25) is 14.3 Å². The summed E-state index contributed by atoms with van der Waals surface area (Å²) >= 11 is 1.45. The van der Waals surface area contributed by atoms with Crippen LogP contribution in [-0.4, -0.2) is 44.1 Å². The molecule has 1 N–H and O–H groups in total. The maximum Gasteiger partial charge on any atom is 0.248 e. The molecular weight excluding hydrogens is 410 g/mol. The minimum Gasteiger partial charge on any atom is -0.330 e. The van der Waals surface area contributed by atoms with Gasteiger partial charge in [0.15, 0.2) is 5.13 Å². The minimum absolute atomic E-state index is 0.0164. The van der Waals surface area contributed by atoms with Crippen LogP contribution >= 0.6 is 11.3 Å². The van der Waals surface area contributed by atoms with Crippen LogP contribution in [0.1, 0.15) is 43.6 Å². The molecule has 0 spiro atoms. The average molecular weight is 440 g/mol. The van der Waals surface area contributed by atoms with Gasteiger partial charge in [0, 0.05) is 24.3 Å². The topological polar surface area (TPSA) is 80.1 Å². The average Bonchev–Trinajstić information content (AvgIpc) is 3.41. The first-order chi connectivity index (χ1) is 14.8. The highest BCUT2D eigenvalue weighted by Gasteiger charge is 2.35. The first-order valence-electron chi connectivity index (χ1n) is 10.8. The van der Waals surface area contributed by atoms with Crippen LogP contribution in [-0.2, 0) is 22.6 Å². The van der Waals surface area contributed by atoms with Gasteiger partial charge in [-0.2, -0.15) is 5.10 Å². The highest BCUT2D eigenvalue weighted by atomic mass is 32.1. The summed E-state index contributed by atoms with van der Waals surface area (Å²) in [5, 5.41) is 8.13. The highest BCUT2D eigenvalue weighted by Crippen LogP contribution is 2.27. The van der Waals surface area contributed by atoms with Crippen LogP contribution in [0.25, 0.3) is 10.2 Å². The highest BCUT2D eigenvalue weighted by molar-refractivity contribution is 7.22. The number of aryl methyl sites for hydroxylation is 1. The Morgan fingerprint density at radius 2 is 2.03 bits per heavy atom. The molecule has 31 heavy (non-hydrogen) atoms. The number of hydrogen-bond acceptors (Lipinski definition) is 5. The van der Waals surface area contributed by atoms with Gasteiger partial charge in [0.1, 0.15) is 6.04 Å². The third kappa shape index (κ3) is 4.49. The monoisotopic (exact) mass is 439 g/mol. The van der Waals surface area contributed by atoms with Crippen LogP contribution in [0.2, 0.25) is 0 Å². The van der Waals surface area contributed by atoms with Gasteiger partial charge in [-0.1, -0.05) is 37.3 Å². The van der Waals surface area contributed by atoms with Crippen molar-refractivity contribution in [3.05, 3.63) is 41.2 Å². The number of amides is 2. The molecule has 3 aromatic rings. The van der Waals surface area contributed by atoms with E-state index in [1.54, 1.807) is 4.90 Å². The Bertz CT molecular complexity index is 1080. The quantitative estimate of drug-likeness (QED) is 0.631. The van der Waals surface area contributed by atoms with Crippen molar-refractivity contribution in [2.24, 2.45) is 5.92 Å². The largest absolute Gasteiger partial charge is 0.330 e. The number of thiazole rings is 1. The lowest BCUT2D eigenvalue weighted by atomic mass is 10.1. The summed E-state index contributed by atoms with van der Waals surface area (Å²) < 4.78 is 3.02. The number of rotatable bonds is 6. The Labute approximate surface area is 186 Å². The Kier molecular flexibility index (Phi) is 6.09. The van der Waals surface area contributed by atoms with Gasteiger partial charge >= 0.3 is 0 Å². The summed E-state index contributed by atoms with van der Waals surface area (Å²) in [5.74, 6) is 0.307. The number of benzene rings is 1. The molecule has 1 fully saturated rings. The fraction of sp³-hybridized carbons (Fsp3) is 0.478. The third-order valence-corrected chi connectivity index (χ3v) is 6.75. The maximum absolute atomic E-state index is 13.2. The molecule has 164 valence electrons. The molecule has 1 atom stereocenters. The van der Waals surface area contributed by atoms with Crippen LogP contribution in [0.3, 0.4) is 0 Å². The lowest BCUT2D eigenvalue weighted by Gasteiger charge is -2.23. The van der Waals surface area contributed by atoms with E-state index in [1.165, 1.54) is 11.3 Å². The van der Waals surface area contributed by atoms with E-state index >= 15 is 0 Å². The normalized spacial score (nSPS) is 16.4. The molecule has 3 heterocycles. The van der Waals surface area contributed by atoms with E-state index in [0.29, 0.717) is 24.0 Å². The van der Waals surface area contributed by atoms with E-state index in [2.05, 4.69) is 29.2 Å². The Balaban J connectivity index is 1.46. The molecular formula is C23H29N5O2S. The van der Waals surface area contributed by atoms with Gasteiger partial charge in [0.2, 0.25) is 11.8 Å². The fourth-order valence-corrected chi connectivity index (χ4v) is 5.09. The number of para-hydroxylation sites is 1. The smallest absolute Gasteiger partial charge is 0.248 e. The number of hydrogen-bond donors (Lipinski definition) is 1. The van der Waals surface area contributed by atoms with Gasteiger partial charge < -0.3 is 10.2 Å². The molecule has 2 aromatic heterocycles. The lowest BCUT2D eigenvalue weighted by molar-refractivity contribution is -0.136. The zero-order valence-corrected chi connectivity index (χ0v) is 19.3. The van der Waals surface area contributed by atoms with E-state index in [4.69, 9.17) is 0 Å². The summed E-state index contributed by atoms with van der Waals surface area (Å²) in [6, 6.07) is 7.34. The number of carbonyl (C=O) groups is 2. The van der Waals surface area contributed by atoms with Gasteiger partial charge in [0.05, 0.1) is 22.3 Å². The van der Waals surface area contributed by atoms with E-state index < -0.39 is 6.04 Å². The van der Waals surface area contributed by atoms with Crippen molar-refractivity contribution in [1.29, 1.82) is 0 Å². The number of fused-ring (bicyclic) bond motifs is 1. The molecule has 0 saturated carbocycles. The second-order valence-electron chi connectivity index (χ2n) is 8.62. The van der Waals surface area contributed by atoms with Crippen LogP contribution in [0.15, 0.2) is 24.3 Å². The van der Waals surface area contributed by atoms with Crippen molar-refractivity contribution < 1.29 is 9.59 Å². The molecule has 1 aromatic carbocycles. The molecule has 8 heteroatoms. The number of nitrogens with one attached hydrogen (secondary N) is 1. The van der Waals surface area contributed by atoms with Crippen molar-refractivity contribution in [2.45, 2.75) is 59.5 Å². The summed E-state index contributed by atoms with van der Waals surface area (Å²) in [6.07, 6.45) is 1.78. The summed E-state index contributed by atoms with van der Waals surface area (Å²) in [7, 11) is 0. The molecule has 1 unspecified atom stereocenters. The number of carbonyl (C=O) groups excluding carboxylic acids is 2. The molecule has 1 aliphatic rings. The van der Waals surface area contributed by atoms with Crippen LogP contribution in [0, 0.1) is 19.8 Å². The predicted octanol–water partition coefficient (Wildman–Crippen LogP) is 3.94. The van der Waals surface area contributed by atoms with Gasteiger partial charge in [-0.25, -0.2) is 4.98 Å². The zero-order chi connectivity index (χ0) is 22.1. The van der Waals surface area contributed by atoms with E-state index in [0.717, 1.165) is 40.1 Å². The first-order valence-corrected chi connectivity index (χ1v) is 11.6. The number of anilines is 1. The molecule has 0 aliphatic carbocycles. The van der Waals surface area contributed by atoms with Crippen molar-refractivity contribution >= 4 is 38.5 Å². The standard InChI is InChI=1S/C23H29N5O2S/c1-14(2)13-28-16(4)17(15(3)26-28)12-21(29)27-11-7-9-19(27)22(30)25-23-24-18-8-5-6-10-20(18)31-23/h5-6,8,10,14,19H,7,9,11-13H2,1-4H3,(H,24,25,30). The van der Waals surface area contributed by atoms with Crippen LogP contribution < -0.4 is 5.32 Å². The molecule has 2 amide bonds. The Hall–Kier alpha value is -2.74. The van der Waals surface area contributed by atoms with Gasteiger partial charge in [-0.05, 0) is 44.7 Å². The maximum atomic E-state index is 13.2. The molecule has 1 saturated heterocycles. The molecule has 1 aliphatic heterocycles. The number of likely N-dealkylation sites (tertiary alicyclic amines) is 1.